The van der Waals surface area contributed by atoms with E-state index in [-0.39, 0.29) is 18.2 Å². The van der Waals surface area contributed by atoms with E-state index in [2.05, 4.69) is 15.7 Å². The quantitative estimate of drug-likeness (QED) is 0.161. The van der Waals surface area contributed by atoms with Crippen LogP contribution in [-0.4, -0.2) is 35.3 Å². The molecule has 3 N–H and O–H groups in total. The van der Waals surface area contributed by atoms with Gasteiger partial charge in [0.15, 0.2) is 5.78 Å². The van der Waals surface area contributed by atoms with Crippen molar-refractivity contribution in [1.29, 1.82) is 0 Å². The van der Waals surface area contributed by atoms with Crippen LogP contribution in [0.3, 0.4) is 0 Å². The van der Waals surface area contributed by atoms with Gasteiger partial charge in [-0.3, -0.25) is 20.2 Å². The molecule has 35 heavy (non-hydrogen) atoms. The Kier molecular flexibility index (Phi) is 10.7. The second-order valence-corrected chi connectivity index (χ2v) is 7.78. The van der Waals surface area contributed by atoms with Crippen molar-refractivity contribution in [3.05, 3.63) is 64.6 Å². The van der Waals surface area contributed by atoms with Gasteiger partial charge in [0.2, 0.25) is 11.0 Å². The molecule has 1 aromatic carbocycles. The summed E-state index contributed by atoms with van der Waals surface area (Å²) in [5.41, 5.74) is 4.85. The number of hydrogen-bond donors (Lipinski definition) is 3. The Labute approximate surface area is 207 Å². The second-order valence-electron chi connectivity index (χ2n) is 6.91. The Bertz CT molecular complexity index is 1140. The van der Waals surface area contributed by atoms with E-state index in [0.29, 0.717) is 45.4 Å². The molecule has 11 heteroatoms. The molecular formula is C24H28N4O6S. The molecule has 2 aromatic heterocycles. The minimum Gasteiger partial charge on any atom is -0.496 e. The zero-order valence-corrected chi connectivity index (χ0v) is 20.7. The molecule has 0 unspecified atom stereocenters. The van der Waals surface area contributed by atoms with Crippen LogP contribution in [-0.2, 0) is 22.6 Å². The van der Waals surface area contributed by atoms with Gasteiger partial charge in [0, 0.05) is 34.3 Å². The van der Waals surface area contributed by atoms with Gasteiger partial charge in [-0.15, -0.1) is 16.5 Å². The van der Waals surface area contributed by atoms with Gasteiger partial charge in [-0.1, -0.05) is 6.92 Å². The molecule has 186 valence electrons. The van der Waals surface area contributed by atoms with Crippen LogP contribution in [0.25, 0.3) is 6.08 Å². The number of nitrogens with zero attached hydrogens (tertiary/aromatic N) is 2. The Balaban J connectivity index is 0.00000137. The van der Waals surface area contributed by atoms with E-state index in [1.165, 1.54) is 44.6 Å². The molecule has 0 saturated heterocycles. The van der Waals surface area contributed by atoms with Gasteiger partial charge in [0.1, 0.15) is 17.8 Å². The molecule has 10 nitrogen and oxygen atoms in total. The van der Waals surface area contributed by atoms with Gasteiger partial charge in [0.05, 0.1) is 25.6 Å². The second kappa shape index (κ2) is 13.7. The van der Waals surface area contributed by atoms with E-state index in [9.17, 15) is 14.8 Å². The van der Waals surface area contributed by atoms with Crippen LogP contribution in [0.1, 0.15) is 48.0 Å². The van der Waals surface area contributed by atoms with Gasteiger partial charge in [0.25, 0.3) is 0 Å². The number of rotatable bonds is 10. The monoisotopic (exact) mass is 500 g/mol. The SMILES string of the molecule is CC=O.CCc1c(C(C)=O)cc(NN(O)c2nccs2)c(/C=C/C(=O)NCc2ccco2)c1OC. The van der Waals surface area contributed by atoms with E-state index >= 15 is 0 Å². The molecule has 1 amide bonds. The molecule has 0 bridgehead atoms. The summed E-state index contributed by atoms with van der Waals surface area (Å²) in [5, 5.41) is 15.9. The number of hydrazine groups is 1. The standard InChI is InChI=1S/C22H24N4O5S.C2H4O/c1-4-16-18(14(2)27)12-19(25-26(29)22-23-9-11-32-22)17(21(16)30-3)7-8-20(28)24-13-15-6-5-10-31-15;1-2-3/h5-12,25,29H,4,13H2,1-3H3,(H,24,28);2H,1H3/b8-7+;. The summed E-state index contributed by atoms with van der Waals surface area (Å²) in [5.74, 6) is 0.577. The van der Waals surface area contributed by atoms with E-state index in [1.54, 1.807) is 35.9 Å². The van der Waals surface area contributed by atoms with Crippen molar-refractivity contribution in [3.8, 4) is 5.75 Å². The summed E-state index contributed by atoms with van der Waals surface area (Å²) in [6.07, 6.45) is 7.30. The first kappa shape index (κ1) is 27.3. The predicted octanol–water partition coefficient (Wildman–Crippen LogP) is 4.27. The van der Waals surface area contributed by atoms with Crippen LogP contribution < -0.4 is 20.7 Å². The maximum absolute atomic E-state index is 12.3. The number of benzene rings is 1. The number of carbonyl (C=O) groups is 3. The molecule has 0 spiro atoms. The molecule has 2 heterocycles. The number of aldehydes is 1. The zero-order chi connectivity index (χ0) is 25.8. The van der Waals surface area contributed by atoms with Crippen molar-refractivity contribution in [3.63, 3.8) is 0 Å². The first-order valence-electron chi connectivity index (χ1n) is 10.6. The third-order valence-electron chi connectivity index (χ3n) is 4.60. The third-order valence-corrected chi connectivity index (χ3v) is 5.35. The van der Waals surface area contributed by atoms with Gasteiger partial charge in [-0.05, 0) is 44.5 Å². The van der Waals surface area contributed by atoms with Crippen molar-refractivity contribution >= 4 is 46.2 Å². The molecule has 0 aliphatic heterocycles. The largest absolute Gasteiger partial charge is 0.496 e. The lowest BCUT2D eigenvalue weighted by molar-refractivity contribution is -0.116. The molecule has 0 atom stereocenters. The Morgan fingerprint density at radius 2 is 2.11 bits per heavy atom. The average Bonchev–Trinajstić information content (AvgIpc) is 3.56. The summed E-state index contributed by atoms with van der Waals surface area (Å²) in [6, 6.07) is 5.13. The number of carbonyl (C=O) groups excluding carboxylic acids is 3. The van der Waals surface area contributed by atoms with Crippen molar-refractivity contribution in [2.24, 2.45) is 0 Å². The number of nitrogens with one attached hydrogen (secondary N) is 2. The average molecular weight is 501 g/mol. The highest BCUT2D eigenvalue weighted by Crippen LogP contribution is 2.36. The summed E-state index contributed by atoms with van der Waals surface area (Å²) < 4.78 is 10.8. The molecular weight excluding hydrogens is 472 g/mol. The molecule has 0 fully saturated rings. The number of ketones is 1. The molecule has 3 aromatic rings. The van der Waals surface area contributed by atoms with Crippen molar-refractivity contribution < 1.29 is 28.7 Å². The molecule has 3 rings (SSSR count). The summed E-state index contributed by atoms with van der Waals surface area (Å²) >= 11 is 1.22. The van der Waals surface area contributed by atoms with E-state index in [1.807, 2.05) is 6.92 Å². The third kappa shape index (κ3) is 7.52. The minimum atomic E-state index is -0.344. The lowest BCUT2D eigenvalue weighted by atomic mass is 9.95. The number of Topliss-reactive ketones (excluding diaryl/α,β-unsaturated/α-hetero) is 1. The number of hydrogen-bond acceptors (Lipinski definition) is 10. The number of methoxy groups -OCH3 is 1. The minimum absolute atomic E-state index is 0.145. The van der Waals surface area contributed by atoms with Crippen LogP contribution in [0, 0.1) is 0 Å². The number of aromatic nitrogens is 1. The van der Waals surface area contributed by atoms with Crippen LogP contribution in [0.15, 0.2) is 46.5 Å². The van der Waals surface area contributed by atoms with Crippen molar-refractivity contribution in [1.82, 2.24) is 10.3 Å². The molecule has 0 aliphatic rings. The normalized spacial score (nSPS) is 10.3. The molecule has 0 saturated carbocycles. The fourth-order valence-corrected chi connectivity index (χ4v) is 3.67. The van der Waals surface area contributed by atoms with E-state index in [0.717, 1.165) is 11.5 Å². The lowest BCUT2D eigenvalue weighted by Gasteiger charge is -2.22. The smallest absolute Gasteiger partial charge is 0.244 e. The van der Waals surface area contributed by atoms with Crippen LogP contribution in [0.2, 0.25) is 0 Å². The Morgan fingerprint density at radius 3 is 2.66 bits per heavy atom. The van der Waals surface area contributed by atoms with Crippen LogP contribution >= 0.6 is 11.3 Å². The van der Waals surface area contributed by atoms with E-state index < -0.39 is 0 Å². The number of anilines is 2. The highest BCUT2D eigenvalue weighted by atomic mass is 32.1. The first-order valence-corrected chi connectivity index (χ1v) is 11.5. The molecule has 0 radical (unpaired) electrons. The van der Waals surface area contributed by atoms with Gasteiger partial charge in [-0.2, -0.15) is 0 Å². The highest BCUT2D eigenvalue weighted by molar-refractivity contribution is 7.13. The van der Waals surface area contributed by atoms with Crippen molar-refractivity contribution in [2.75, 3.05) is 17.7 Å². The fraction of sp³-hybridized carbons (Fsp3) is 0.250. The number of amides is 1. The topological polar surface area (TPSA) is 134 Å². The zero-order valence-electron chi connectivity index (χ0n) is 19.9. The van der Waals surface area contributed by atoms with Crippen molar-refractivity contribution in [2.45, 2.75) is 33.7 Å². The molecule has 0 aliphatic carbocycles. The summed E-state index contributed by atoms with van der Waals surface area (Å²) in [7, 11) is 1.49. The maximum Gasteiger partial charge on any atom is 0.244 e. The number of thiazole rings is 1. The fourth-order valence-electron chi connectivity index (χ4n) is 3.16. The predicted molar refractivity (Wildman–Crippen MR) is 134 cm³/mol. The Hall–Kier alpha value is -3.96. The Morgan fingerprint density at radius 1 is 1.37 bits per heavy atom. The number of furan rings is 1. The summed E-state index contributed by atoms with van der Waals surface area (Å²) in [6.45, 7) is 5.07. The highest BCUT2D eigenvalue weighted by Gasteiger charge is 2.20. The van der Waals surface area contributed by atoms with Crippen LogP contribution in [0.5, 0.6) is 5.75 Å². The number of ether oxygens (including phenoxy) is 1. The van der Waals surface area contributed by atoms with E-state index in [4.69, 9.17) is 13.9 Å². The lowest BCUT2D eigenvalue weighted by Crippen LogP contribution is -2.26. The van der Waals surface area contributed by atoms with Gasteiger partial charge in [-0.25, -0.2) is 4.98 Å². The van der Waals surface area contributed by atoms with Crippen LogP contribution in [0.4, 0.5) is 10.8 Å². The summed E-state index contributed by atoms with van der Waals surface area (Å²) in [4.78, 5) is 37.5. The van der Waals surface area contributed by atoms with Gasteiger partial charge >= 0.3 is 0 Å². The maximum atomic E-state index is 12.3. The first-order chi connectivity index (χ1) is 16.9. The van der Waals surface area contributed by atoms with Gasteiger partial charge < -0.3 is 19.3 Å².